The molecule has 7 nitrogen and oxygen atoms in total. The lowest BCUT2D eigenvalue weighted by Crippen LogP contribution is -2.52. The van der Waals surface area contributed by atoms with Crippen molar-refractivity contribution in [1.82, 2.24) is 10.2 Å². The number of carbonyl (C=O) groups excluding carboxylic acids is 2. The third kappa shape index (κ3) is 8.92. The highest BCUT2D eigenvalue weighted by molar-refractivity contribution is 7.92. The minimum atomic E-state index is -3.56. The molecule has 224 valence electrons. The molecular weight excluding hydrogens is 546 g/mol. The Bertz CT molecular complexity index is 1420. The summed E-state index contributed by atoms with van der Waals surface area (Å²) >= 11 is 0. The molecule has 0 aliphatic heterocycles. The predicted molar refractivity (Wildman–Crippen MR) is 169 cm³/mol. The Morgan fingerprint density at radius 1 is 0.881 bits per heavy atom. The van der Waals surface area contributed by atoms with Crippen LogP contribution in [0.25, 0.3) is 0 Å². The number of hydrogen-bond donors (Lipinski definition) is 1. The summed E-state index contributed by atoms with van der Waals surface area (Å²) in [5.74, 6) is -0.307. The van der Waals surface area contributed by atoms with E-state index < -0.39 is 16.1 Å². The highest BCUT2D eigenvalue weighted by Crippen LogP contribution is 2.23. The van der Waals surface area contributed by atoms with Crippen LogP contribution in [0.5, 0.6) is 0 Å². The van der Waals surface area contributed by atoms with Gasteiger partial charge >= 0.3 is 0 Å². The van der Waals surface area contributed by atoms with E-state index in [2.05, 4.69) is 5.32 Å². The molecule has 1 atom stereocenters. The van der Waals surface area contributed by atoms with E-state index in [1.165, 1.54) is 10.6 Å². The van der Waals surface area contributed by atoms with Gasteiger partial charge in [-0.25, -0.2) is 8.42 Å². The SMILES string of the molecule is Cc1cc(C)cc(N(CCCC(=O)N(Cc2ccccc2)C(Cc2ccccc2)C(=O)NC2CCCC2)S(C)(=O)=O)c1. The number of nitrogens with one attached hydrogen (secondary N) is 1. The number of amides is 2. The number of aryl methyl sites for hydroxylation is 2. The zero-order valence-corrected chi connectivity index (χ0v) is 25.8. The molecule has 1 N–H and O–H groups in total. The third-order valence-electron chi connectivity index (χ3n) is 7.82. The molecule has 1 unspecified atom stereocenters. The summed E-state index contributed by atoms with van der Waals surface area (Å²) < 4.78 is 26.9. The fourth-order valence-electron chi connectivity index (χ4n) is 5.80. The van der Waals surface area contributed by atoms with Crippen LogP contribution in [-0.2, 0) is 32.6 Å². The smallest absolute Gasteiger partial charge is 0.243 e. The van der Waals surface area contributed by atoms with Gasteiger partial charge in [0.15, 0.2) is 0 Å². The molecule has 1 saturated carbocycles. The van der Waals surface area contributed by atoms with E-state index in [1.807, 2.05) is 92.7 Å². The molecule has 0 bridgehead atoms. The second kappa shape index (κ2) is 14.5. The Balaban J connectivity index is 1.57. The molecule has 0 saturated heterocycles. The van der Waals surface area contributed by atoms with Gasteiger partial charge in [0.1, 0.15) is 6.04 Å². The normalized spacial score (nSPS) is 14.4. The molecule has 0 radical (unpaired) electrons. The number of hydrogen-bond acceptors (Lipinski definition) is 4. The van der Waals surface area contributed by atoms with E-state index in [0.29, 0.717) is 25.1 Å². The van der Waals surface area contributed by atoms with Gasteiger partial charge in [-0.05, 0) is 67.5 Å². The molecule has 0 heterocycles. The van der Waals surface area contributed by atoms with Crippen LogP contribution in [0.2, 0.25) is 0 Å². The fraction of sp³-hybridized carbons (Fsp3) is 0.412. The first kappa shape index (κ1) is 31.3. The summed E-state index contributed by atoms with van der Waals surface area (Å²) in [5, 5.41) is 3.23. The van der Waals surface area contributed by atoms with Crippen molar-refractivity contribution < 1.29 is 18.0 Å². The molecule has 3 aromatic carbocycles. The van der Waals surface area contributed by atoms with Gasteiger partial charge in [-0.1, -0.05) is 79.6 Å². The number of rotatable bonds is 13. The highest BCUT2D eigenvalue weighted by Gasteiger charge is 2.32. The predicted octanol–water partition coefficient (Wildman–Crippen LogP) is 5.55. The van der Waals surface area contributed by atoms with Crippen molar-refractivity contribution in [3.8, 4) is 0 Å². The van der Waals surface area contributed by atoms with E-state index in [4.69, 9.17) is 0 Å². The maximum atomic E-state index is 14.0. The van der Waals surface area contributed by atoms with Gasteiger partial charge in [-0.2, -0.15) is 0 Å². The lowest BCUT2D eigenvalue weighted by Gasteiger charge is -2.33. The summed E-state index contributed by atoms with van der Waals surface area (Å²) in [4.78, 5) is 29.5. The molecule has 3 aromatic rings. The van der Waals surface area contributed by atoms with Gasteiger partial charge in [-0.3, -0.25) is 13.9 Å². The largest absolute Gasteiger partial charge is 0.352 e. The average molecular weight is 590 g/mol. The van der Waals surface area contributed by atoms with Crippen molar-refractivity contribution in [2.45, 2.75) is 77.4 Å². The number of carbonyl (C=O) groups is 2. The van der Waals surface area contributed by atoms with Crippen molar-refractivity contribution in [1.29, 1.82) is 0 Å². The standard InChI is InChI=1S/C34H43N3O4S/c1-26-21-27(2)23-31(22-26)37(42(3,40)41)20-12-19-33(38)36(25-29-15-8-5-9-16-29)32(24-28-13-6-4-7-14-28)34(39)35-30-17-10-11-18-30/h4-9,13-16,21-23,30,32H,10-12,17-20,24-25H2,1-3H3,(H,35,39). The maximum Gasteiger partial charge on any atom is 0.243 e. The van der Waals surface area contributed by atoms with Crippen LogP contribution in [0, 0.1) is 13.8 Å². The first-order chi connectivity index (χ1) is 20.1. The highest BCUT2D eigenvalue weighted by atomic mass is 32.2. The zero-order valence-electron chi connectivity index (χ0n) is 25.0. The van der Waals surface area contributed by atoms with Crippen molar-refractivity contribution in [2.75, 3.05) is 17.1 Å². The monoisotopic (exact) mass is 589 g/mol. The Morgan fingerprint density at radius 3 is 2.02 bits per heavy atom. The molecule has 1 aliphatic carbocycles. The second-order valence-corrected chi connectivity index (χ2v) is 13.4. The average Bonchev–Trinajstić information content (AvgIpc) is 3.45. The van der Waals surface area contributed by atoms with E-state index in [-0.39, 0.29) is 30.8 Å². The first-order valence-electron chi connectivity index (χ1n) is 14.8. The Hall–Kier alpha value is -3.65. The van der Waals surface area contributed by atoms with Crippen LogP contribution >= 0.6 is 0 Å². The molecule has 1 aliphatic rings. The Labute approximate surface area is 251 Å². The van der Waals surface area contributed by atoms with E-state index in [0.717, 1.165) is 47.9 Å². The molecule has 42 heavy (non-hydrogen) atoms. The summed E-state index contributed by atoms with van der Waals surface area (Å²) in [7, 11) is -3.56. The van der Waals surface area contributed by atoms with E-state index in [9.17, 15) is 18.0 Å². The molecule has 4 rings (SSSR count). The van der Waals surface area contributed by atoms with Crippen molar-refractivity contribution in [2.24, 2.45) is 0 Å². The van der Waals surface area contributed by atoms with Gasteiger partial charge in [0.25, 0.3) is 0 Å². The van der Waals surface area contributed by atoms with Crippen LogP contribution in [0.1, 0.15) is 60.8 Å². The maximum absolute atomic E-state index is 14.0. The molecule has 2 amide bonds. The van der Waals surface area contributed by atoms with E-state index in [1.54, 1.807) is 4.90 Å². The van der Waals surface area contributed by atoms with Crippen molar-refractivity contribution >= 4 is 27.5 Å². The van der Waals surface area contributed by atoms with Crippen LogP contribution in [0.3, 0.4) is 0 Å². The molecule has 8 heteroatoms. The van der Waals surface area contributed by atoms with Crippen LogP contribution in [0.15, 0.2) is 78.9 Å². The Morgan fingerprint density at radius 2 is 1.45 bits per heavy atom. The molecule has 0 spiro atoms. The quantitative estimate of drug-likeness (QED) is 0.283. The Kier molecular flexibility index (Phi) is 10.8. The minimum Gasteiger partial charge on any atom is -0.352 e. The van der Waals surface area contributed by atoms with Gasteiger partial charge in [0.2, 0.25) is 21.8 Å². The lowest BCUT2D eigenvalue weighted by molar-refractivity contribution is -0.141. The number of sulfonamides is 1. The van der Waals surface area contributed by atoms with Crippen molar-refractivity contribution in [3.63, 3.8) is 0 Å². The van der Waals surface area contributed by atoms with Crippen LogP contribution in [-0.4, -0.2) is 50.0 Å². The van der Waals surface area contributed by atoms with Gasteiger partial charge in [0, 0.05) is 32.0 Å². The summed E-state index contributed by atoms with van der Waals surface area (Å²) in [6.07, 6.45) is 6.13. The first-order valence-corrected chi connectivity index (χ1v) is 16.7. The molecular formula is C34H43N3O4S. The van der Waals surface area contributed by atoms with Gasteiger partial charge in [0.05, 0.1) is 11.9 Å². The van der Waals surface area contributed by atoms with Crippen molar-refractivity contribution in [3.05, 3.63) is 101 Å². The molecule has 1 fully saturated rings. The zero-order chi connectivity index (χ0) is 30.1. The van der Waals surface area contributed by atoms with E-state index >= 15 is 0 Å². The second-order valence-electron chi connectivity index (χ2n) is 11.5. The summed E-state index contributed by atoms with van der Waals surface area (Å²) in [6, 6.07) is 24.6. The summed E-state index contributed by atoms with van der Waals surface area (Å²) in [5.41, 5.74) is 4.46. The number of nitrogens with zero attached hydrogens (tertiary/aromatic N) is 2. The van der Waals surface area contributed by atoms with Gasteiger partial charge < -0.3 is 10.2 Å². The molecule has 0 aromatic heterocycles. The summed E-state index contributed by atoms with van der Waals surface area (Å²) in [6.45, 7) is 4.34. The minimum absolute atomic E-state index is 0.117. The number of anilines is 1. The van der Waals surface area contributed by atoms with Gasteiger partial charge in [-0.15, -0.1) is 0 Å². The number of benzene rings is 3. The lowest BCUT2D eigenvalue weighted by atomic mass is 10.0. The topological polar surface area (TPSA) is 86.8 Å². The fourth-order valence-corrected chi connectivity index (χ4v) is 6.75. The van der Waals surface area contributed by atoms with Crippen LogP contribution in [0.4, 0.5) is 5.69 Å². The third-order valence-corrected chi connectivity index (χ3v) is 9.01. The van der Waals surface area contributed by atoms with Crippen LogP contribution < -0.4 is 9.62 Å².